The summed E-state index contributed by atoms with van der Waals surface area (Å²) in [5.74, 6) is 0.934. The van der Waals surface area contributed by atoms with Gasteiger partial charge in [-0.15, -0.1) is 0 Å². The summed E-state index contributed by atoms with van der Waals surface area (Å²) in [6.45, 7) is 8.14. The van der Waals surface area contributed by atoms with E-state index in [9.17, 15) is 0 Å². The fraction of sp³-hybridized carbons (Fsp3) is 0.250. The minimum absolute atomic E-state index is 0.934. The molecule has 0 spiro atoms. The van der Waals surface area contributed by atoms with Gasteiger partial charge in [-0.05, 0) is 44.2 Å². The first kappa shape index (κ1) is 15.3. The molecule has 0 bridgehead atoms. The topological polar surface area (TPSA) is 20.5 Å². The summed E-state index contributed by atoms with van der Waals surface area (Å²) in [6.07, 6.45) is 0. The lowest BCUT2D eigenvalue weighted by molar-refractivity contribution is 0.630. The molecule has 0 N–H and O–H groups in total. The summed E-state index contributed by atoms with van der Waals surface area (Å²) in [5, 5.41) is 2.55. The first-order valence-electron chi connectivity index (χ1n) is 7.79. The van der Waals surface area contributed by atoms with Crippen LogP contribution in [0.5, 0.6) is 0 Å². The van der Waals surface area contributed by atoms with Crippen LogP contribution >= 0.6 is 0 Å². The van der Waals surface area contributed by atoms with Gasteiger partial charge in [0.25, 0.3) is 0 Å². The van der Waals surface area contributed by atoms with Crippen LogP contribution < -0.4 is 0 Å². The van der Waals surface area contributed by atoms with Gasteiger partial charge in [0.1, 0.15) is 5.84 Å². The average molecular weight is 305 g/mol. The maximum atomic E-state index is 4.47. The minimum Gasteiger partial charge on any atom is -0.344 e. The van der Waals surface area contributed by atoms with Crippen LogP contribution in [-0.2, 0) is 7.05 Å². The Morgan fingerprint density at radius 3 is 2.30 bits per heavy atom. The van der Waals surface area contributed by atoms with Crippen LogP contribution in [0.15, 0.2) is 53.7 Å². The van der Waals surface area contributed by atoms with E-state index in [-0.39, 0.29) is 0 Å². The molecule has 1 aromatic heterocycles. The molecule has 0 aliphatic carbocycles. The summed E-state index contributed by atoms with van der Waals surface area (Å²) >= 11 is 0. The van der Waals surface area contributed by atoms with Crippen LogP contribution in [0, 0.1) is 6.92 Å². The first-order chi connectivity index (χ1) is 10.9. The standard InChI is InChI=1S/C20H23N3/c1-13(2)22(5)20(21-4)15-8-10-19-17(12-15)16-11-14(3)7-9-18(16)23(19)6/h7-12H,1H2,2-6H3. The van der Waals surface area contributed by atoms with Gasteiger partial charge in [-0.3, -0.25) is 4.99 Å². The van der Waals surface area contributed by atoms with Crippen molar-refractivity contribution in [3.8, 4) is 0 Å². The molecule has 0 unspecified atom stereocenters. The number of aliphatic imine (C=N–C) groups is 1. The smallest absolute Gasteiger partial charge is 0.134 e. The predicted molar refractivity (Wildman–Crippen MR) is 100 cm³/mol. The number of aryl methyl sites for hydroxylation is 2. The van der Waals surface area contributed by atoms with Crippen molar-refractivity contribution in [3.05, 3.63) is 59.8 Å². The van der Waals surface area contributed by atoms with E-state index in [4.69, 9.17) is 0 Å². The zero-order valence-corrected chi connectivity index (χ0v) is 14.5. The van der Waals surface area contributed by atoms with Crippen molar-refractivity contribution in [1.82, 2.24) is 9.47 Å². The predicted octanol–water partition coefficient (Wildman–Crippen LogP) is 4.48. The summed E-state index contributed by atoms with van der Waals surface area (Å²) in [4.78, 5) is 6.49. The van der Waals surface area contributed by atoms with Crippen molar-refractivity contribution in [2.24, 2.45) is 12.0 Å². The Balaban J connectivity index is 2.28. The largest absolute Gasteiger partial charge is 0.344 e. The van der Waals surface area contributed by atoms with Crippen LogP contribution in [0.4, 0.5) is 0 Å². The lowest BCUT2D eigenvalue weighted by atomic mass is 10.1. The number of rotatable bonds is 2. The second-order valence-electron chi connectivity index (χ2n) is 6.15. The van der Waals surface area contributed by atoms with Crippen molar-refractivity contribution in [2.45, 2.75) is 13.8 Å². The molecule has 0 fully saturated rings. The number of amidine groups is 1. The van der Waals surface area contributed by atoms with Gasteiger partial charge in [0.15, 0.2) is 0 Å². The van der Waals surface area contributed by atoms with E-state index in [0.717, 1.165) is 17.1 Å². The minimum atomic E-state index is 0.934. The van der Waals surface area contributed by atoms with Crippen LogP contribution in [0.3, 0.4) is 0 Å². The number of fused-ring (bicyclic) bond motifs is 3. The summed E-state index contributed by atoms with van der Waals surface area (Å²) in [5.41, 5.74) is 5.85. The molecule has 3 heteroatoms. The van der Waals surface area contributed by atoms with Gasteiger partial charge in [0.2, 0.25) is 0 Å². The number of nitrogens with zero attached hydrogens (tertiary/aromatic N) is 3. The molecule has 3 nitrogen and oxygen atoms in total. The number of aromatic nitrogens is 1. The van der Waals surface area contributed by atoms with Gasteiger partial charge in [0, 0.05) is 54.2 Å². The Morgan fingerprint density at radius 1 is 1.09 bits per heavy atom. The van der Waals surface area contributed by atoms with Crippen molar-refractivity contribution in [3.63, 3.8) is 0 Å². The fourth-order valence-corrected chi connectivity index (χ4v) is 3.12. The molecular formula is C20H23N3. The molecule has 118 valence electrons. The van der Waals surface area contributed by atoms with Gasteiger partial charge in [0.05, 0.1) is 0 Å². The average Bonchev–Trinajstić information content (AvgIpc) is 2.80. The molecule has 1 heterocycles. The molecule has 0 radical (unpaired) electrons. The van der Waals surface area contributed by atoms with Gasteiger partial charge in [-0.2, -0.15) is 0 Å². The van der Waals surface area contributed by atoms with E-state index in [1.807, 2.05) is 25.9 Å². The number of hydrogen-bond acceptors (Lipinski definition) is 1. The second kappa shape index (κ2) is 5.58. The molecule has 2 aromatic carbocycles. The quantitative estimate of drug-likeness (QED) is 0.505. The van der Waals surface area contributed by atoms with Gasteiger partial charge in [-0.25, -0.2) is 0 Å². The van der Waals surface area contributed by atoms with E-state index in [0.29, 0.717) is 0 Å². The second-order valence-corrected chi connectivity index (χ2v) is 6.15. The third-order valence-corrected chi connectivity index (χ3v) is 4.52. The van der Waals surface area contributed by atoms with Crippen LogP contribution in [0.2, 0.25) is 0 Å². The Kier molecular flexibility index (Phi) is 3.72. The van der Waals surface area contributed by atoms with Gasteiger partial charge in [-0.1, -0.05) is 18.2 Å². The lowest BCUT2D eigenvalue weighted by Gasteiger charge is -2.21. The molecule has 23 heavy (non-hydrogen) atoms. The van der Waals surface area contributed by atoms with Crippen LogP contribution in [-0.4, -0.2) is 29.4 Å². The fourth-order valence-electron chi connectivity index (χ4n) is 3.12. The molecule has 3 aromatic rings. The Bertz CT molecular complexity index is 944. The van der Waals surface area contributed by atoms with Crippen molar-refractivity contribution < 1.29 is 0 Å². The van der Waals surface area contributed by atoms with E-state index >= 15 is 0 Å². The first-order valence-corrected chi connectivity index (χ1v) is 7.79. The normalized spacial score (nSPS) is 12.1. The molecule has 0 aliphatic rings. The molecule has 0 aliphatic heterocycles. The van der Waals surface area contributed by atoms with Crippen molar-refractivity contribution in [1.29, 1.82) is 0 Å². The summed E-state index contributed by atoms with van der Waals surface area (Å²) in [6, 6.07) is 13.2. The zero-order chi connectivity index (χ0) is 16.7. The highest BCUT2D eigenvalue weighted by Gasteiger charge is 2.13. The molecule has 0 saturated heterocycles. The lowest BCUT2D eigenvalue weighted by Crippen LogP contribution is -2.25. The summed E-state index contributed by atoms with van der Waals surface area (Å²) in [7, 11) is 5.95. The zero-order valence-electron chi connectivity index (χ0n) is 14.5. The summed E-state index contributed by atoms with van der Waals surface area (Å²) < 4.78 is 2.25. The number of allylic oxidation sites excluding steroid dienone is 1. The highest BCUT2D eigenvalue weighted by atomic mass is 15.2. The Morgan fingerprint density at radius 2 is 1.70 bits per heavy atom. The van der Waals surface area contributed by atoms with Crippen molar-refractivity contribution in [2.75, 3.05) is 14.1 Å². The number of benzene rings is 2. The van der Waals surface area contributed by atoms with Gasteiger partial charge < -0.3 is 9.47 Å². The van der Waals surface area contributed by atoms with Crippen molar-refractivity contribution >= 4 is 27.6 Å². The van der Waals surface area contributed by atoms with E-state index < -0.39 is 0 Å². The van der Waals surface area contributed by atoms with Gasteiger partial charge >= 0.3 is 0 Å². The molecule has 0 atom stereocenters. The van der Waals surface area contributed by atoms with Crippen LogP contribution in [0.1, 0.15) is 18.1 Å². The third-order valence-electron chi connectivity index (χ3n) is 4.52. The highest BCUT2D eigenvalue weighted by Crippen LogP contribution is 2.30. The molecule has 3 rings (SSSR count). The Labute approximate surface area is 137 Å². The maximum Gasteiger partial charge on any atom is 0.134 e. The van der Waals surface area contributed by atoms with E-state index in [2.05, 4.69) is 66.5 Å². The van der Waals surface area contributed by atoms with E-state index in [1.165, 1.54) is 27.4 Å². The monoisotopic (exact) mass is 305 g/mol. The van der Waals surface area contributed by atoms with Crippen LogP contribution in [0.25, 0.3) is 21.8 Å². The third kappa shape index (κ3) is 2.42. The molecular weight excluding hydrogens is 282 g/mol. The SMILES string of the molecule is C=C(C)N(C)C(=NC)c1ccc2c(c1)c1cc(C)ccc1n2C. The molecule has 0 amide bonds. The number of hydrogen-bond donors (Lipinski definition) is 0. The maximum absolute atomic E-state index is 4.47. The Hall–Kier alpha value is -2.55. The van der Waals surface area contributed by atoms with E-state index in [1.54, 1.807) is 0 Å². The highest BCUT2D eigenvalue weighted by molar-refractivity contribution is 6.11. The molecule has 0 saturated carbocycles.